The first-order valence-electron chi connectivity index (χ1n) is 4.90. The van der Waals surface area contributed by atoms with Crippen LogP contribution in [-0.2, 0) is 0 Å². The Morgan fingerprint density at radius 1 is 1.20 bits per heavy atom. The Kier molecular flexibility index (Phi) is 2.19. The normalized spacial score (nSPS) is 10.5. The van der Waals surface area contributed by atoms with Crippen molar-refractivity contribution in [2.45, 2.75) is 13.8 Å². The number of nitrogens with two attached hydrogens (primary N) is 1. The molecule has 0 atom stereocenters. The Balaban J connectivity index is 2.90. The van der Waals surface area contributed by atoms with Gasteiger partial charge in [-0.15, -0.1) is 0 Å². The number of fused-ring (bicyclic) bond motifs is 1. The summed E-state index contributed by atoms with van der Waals surface area (Å²) in [5.74, 6) is -0.351. The number of carbonyl (C=O) groups excluding carboxylic acids is 1. The van der Waals surface area contributed by atoms with Crippen LogP contribution in [0.1, 0.15) is 21.5 Å². The Hall–Kier alpha value is -1.83. The average molecular weight is 199 g/mol. The van der Waals surface area contributed by atoms with E-state index >= 15 is 0 Å². The number of benzene rings is 2. The molecule has 0 spiro atoms. The van der Waals surface area contributed by atoms with E-state index in [1.54, 1.807) is 0 Å². The van der Waals surface area contributed by atoms with E-state index in [0.717, 1.165) is 21.9 Å². The second kappa shape index (κ2) is 3.39. The van der Waals surface area contributed by atoms with Crippen LogP contribution < -0.4 is 5.73 Å². The SMILES string of the molecule is Cc1cc2ccccc2c(C)c1C(N)=O. The van der Waals surface area contributed by atoms with Crippen LogP contribution in [0.3, 0.4) is 0 Å². The smallest absolute Gasteiger partial charge is 0.249 e. The zero-order chi connectivity index (χ0) is 11.0. The van der Waals surface area contributed by atoms with Gasteiger partial charge in [0.15, 0.2) is 0 Å². The highest BCUT2D eigenvalue weighted by Crippen LogP contribution is 2.24. The minimum atomic E-state index is -0.351. The van der Waals surface area contributed by atoms with E-state index in [1.165, 1.54) is 0 Å². The molecule has 0 fully saturated rings. The van der Waals surface area contributed by atoms with E-state index < -0.39 is 0 Å². The largest absolute Gasteiger partial charge is 0.366 e. The van der Waals surface area contributed by atoms with Crippen molar-refractivity contribution < 1.29 is 4.79 Å². The molecular formula is C13H13NO. The molecule has 0 unspecified atom stereocenters. The quantitative estimate of drug-likeness (QED) is 0.753. The van der Waals surface area contributed by atoms with Crippen molar-refractivity contribution in [1.29, 1.82) is 0 Å². The van der Waals surface area contributed by atoms with Gasteiger partial charge in [-0.05, 0) is 35.7 Å². The van der Waals surface area contributed by atoms with Crippen LogP contribution in [0.5, 0.6) is 0 Å². The highest BCUT2D eigenvalue weighted by Gasteiger charge is 2.11. The molecule has 15 heavy (non-hydrogen) atoms. The third kappa shape index (κ3) is 1.48. The Labute approximate surface area is 88.7 Å². The summed E-state index contributed by atoms with van der Waals surface area (Å²) in [4.78, 5) is 11.3. The highest BCUT2D eigenvalue weighted by molar-refractivity contribution is 6.02. The van der Waals surface area contributed by atoms with Crippen molar-refractivity contribution in [3.63, 3.8) is 0 Å². The summed E-state index contributed by atoms with van der Waals surface area (Å²) in [7, 11) is 0. The van der Waals surface area contributed by atoms with Crippen LogP contribution in [0.4, 0.5) is 0 Å². The predicted molar refractivity (Wildman–Crippen MR) is 61.9 cm³/mol. The van der Waals surface area contributed by atoms with Gasteiger partial charge in [-0.2, -0.15) is 0 Å². The first-order valence-corrected chi connectivity index (χ1v) is 4.90. The molecule has 2 rings (SSSR count). The standard InChI is InChI=1S/C13H13NO/c1-8-7-10-5-3-4-6-11(10)9(2)12(8)13(14)15/h3-7H,1-2H3,(H2,14,15). The third-order valence-corrected chi connectivity index (χ3v) is 2.75. The molecule has 0 aromatic heterocycles. The molecule has 0 saturated carbocycles. The van der Waals surface area contributed by atoms with E-state index in [0.29, 0.717) is 5.56 Å². The fraction of sp³-hybridized carbons (Fsp3) is 0.154. The summed E-state index contributed by atoms with van der Waals surface area (Å²) in [6.07, 6.45) is 0. The summed E-state index contributed by atoms with van der Waals surface area (Å²) >= 11 is 0. The van der Waals surface area contributed by atoms with Gasteiger partial charge in [0.25, 0.3) is 0 Å². The average Bonchev–Trinajstić information content (AvgIpc) is 2.17. The van der Waals surface area contributed by atoms with Gasteiger partial charge in [-0.1, -0.05) is 30.3 Å². The van der Waals surface area contributed by atoms with Gasteiger partial charge >= 0.3 is 0 Å². The van der Waals surface area contributed by atoms with Gasteiger partial charge in [0.05, 0.1) is 0 Å². The fourth-order valence-corrected chi connectivity index (χ4v) is 2.08. The van der Waals surface area contributed by atoms with E-state index in [4.69, 9.17) is 5.73 Å². The second-order valence-electron chi connectivity index (χ2n) is 3.78. The summed E-state index contributed by atoms with van der Waals surface area (Å²) < 4.78 is 0. The number of rotatable bonds is 1. The van der Waals surface area contributed by atoms with Crippen LogP contribution in [0.25, 0.3) is 10.8 Å². The molecule has 2 heteroatoms. The summed E-state index contributed by atoms with van der Waals surface area (Å²) in [5.41, 5.74) is 7.93. The second-order valence-corrected chi connectivity index (χ2v) is 3.78. The zero-order valence-electron chi connectivity index (χ0n) is 8.87. The number of amides is 1. The first-order chi connectivity index (χ1) is 7.11. The maximum Gasteiger partial charge on any atom is 0.249 e. The van der Waals surface area contributed by atoms with Crippen LogP contribution >= 0.6 is 0 Å². The maximum absolute atomic E-state index is 11.3. The van der Waals surface area contributed by atoms with Crippen molar-refractivity contribution >= 4 is 16.7 Å². The molecule has 2 N–H and O–H groups in total. The van der Waals surface area contributed by atoms with Gasteiger partial charge < -0.3 is 5.73 Å². The minimum absolute atomic E-state index is 0.351. The Bertz CT molecular complexity index is 543. The molecule has 0 radical (unpaired) electrons. The maximum atomic E-state index is 11.3. The Morgan fingerprint density at radius 3 is 2.53 bits per heavy atom. The van der Waals surface area contributed by atoms with Gasteiger partial charge in [-0.25, -0.2) is 0 Å². The van der Waals surface area contributed by atoms with Crippen LogP contribution in [0.15, 0.2) is 30.3 Å². The molecule has 1 amide bonds. The molecule has 0 bridgehead atoms. The molecule has 0 aliphatic carbocycles. The topological polar surface area (TPSA) is 43.1 Å². The van der Waals surface area contributed by atoms with E-state index in [1.807, 2.05) is 44.2 Å². The molecule has 2 aromatic carbocycles. The van der Waals surface area contributed by atoms with Crippen molar-refractivity contribution in [1.82, 2.24) is 0 Å². The number of hydrogen-bond acceptors (Lipinski definition) is 1. The van der Waals surface area contributed by atoms with E-state index in [-0.39, 0.29) is 5.91 Å². The van der Waals surface area contributed by atoms with Gasteiger partial charge in [0, 0.05) is 5.56 Å². The molecule has 2 nitrogen and oxygen atoms in total. The van der Waals surface area contributed by atoms with Crippen molar-refractivity contribution in [3.05, 3.63) is 47.0 Å². The molecule has 76 valence electrons. The lowest BCUT2D eigenvalue weighted by molar-refractivity contribution is 0.0999. The molecule has 2 aromatic rings. The fourth-order valence-electron chi connectivity index (χ4n) is 2.08. The molecule has 0 aliphatic rings. The van der Waals surface area contributed by atoms with Crippen molar-refractivity contribution in [2.75, 3.05) is 0 Å². The molecule has 0 aliphatic heterocycles. The lowest BCUT2D eigenvalue weighted by atomic mass is 9.95. The lowest BCUT2D eigenvalue weighted by Crippen LogP contribution is -2.14. The molecular weight excluding hydrogens is 186 g/mol. The monoisotopic (exact) mass is 199 g/mol. The van der Waals surface area contributed by atoms with Gasteiger partial charge in [0.2, 0.25) is 5.91 Å². The molecule has 0 saturated heterocycles. The first kappa shape index (κ1) is 9.71. The van der Waals surface area contributed by atoms with E-state index in [2.05, 4.69) is 0 Å². The lowest BCUT2D eigenvalue weighted by Gasteiger charge is -2.09. The number of hydrogen-bond donors (Lipinski definition) is 1. The van der Waals surface area contributed by atoms with Crippen molar-refractivity contribution in [3.8, 4) is 0 Å². The summed E-state index contributed by atoms with van der Waals surface area (Å²) in [6.45, 7) is 3.86. The van der Waals surface area contributed by atoms with Crippen LogP contribution in [0.2, 0.25) is 0 Å². The Morgan fingerprint density at radius 2 is 1.87 bits per heavy atom. The number of carbonyl (C=O) groups is 1. The summed E-state index contributed by atoms with van der Waals surface area (Å²) in [6, 6.07) is 10.0. The van der Waals surface area contributed by atoms with Gasteiger partial charge in [-0.3, -0.25) is 4.79 Å². The molecule has 0 heterocycles. The van der Waals surface area contributed by atoms with Crippen molar-refractivity contribution in [2.24, 2.45) is 5.73 Å². The third-order valence-electron chi connectivity index (χ3n) is 2.75. The predicted octanol–water partition coefficient (Wildman–Crippen LogP) is 2.56. The van der Waals surface area contributed by atoms with E-state index in [9.17, 15) is 4.79 Å². The minimum Gasteiger partial charge on any atom is -0.366 e. The van der Waals surface area contributed by atoms with Crippen LogP contribution in [-0.4, -0.2) is 5.91 Å². The number of primary amides is 1. The van der Waals surface area contributed by atoms with Gasteiger partial charge in [0.1, 0.15) is 0 Å². The highest BCUT2D eigenvalue weighted by atomic mass is 16.1. The van der Waals surface area contributed by atoms with Crippen LogP contribution in [0, 0.1) is 13.8 Å². The number of aryl methyl sites for hydroxylation is 2. The summed E-state index contributed by atoms with van der Waals surface area (Å²) in [5, 5.41) is 2.24. The zero-order valence-corrected chi connectivity index (χ0v) is 8.87.